The van der Waals surface area contributed by atoms with Crippen LogP contribution >= 0.6 is 11.8 Å². The van der Waals surface area contributed by atoms with E-state index in [1.165, 1.54) is 37.6 Å². The molecule has 0 amide bonds. The number of amidine groups is 1. The van der Waals surface area contributed by atoms with Crippen LogP contribution in [0.2, 0.25) is 0 Å². The topological polar surface area (TPSA) is 53.1 Å². The summed E-state index contributed by atoms with van der Waals surface area (Å²) in [5, 5.41) is 7.08. The number of nitrogens with zero attached hydrogens (tertiary/aromatic N) is 1. The maximum absolute atomic E-state index is 7.08. The molecule has 0 aromatic heterocycles. The van der Waals surface area contributed by atoms with Crippen molar-refractivity contribution < 1.29 is 0 Å². The number of thioether (sulfide) groups is 1. The van der Waals surface area contributed by atoms with Crippen LogP contribution in [-0.2, 0) is 0 Å². The lowest BCUT2D eigenvalue weighted by Crippen LogP contribution is -2.33. The third-order valence-electron chi connectivity index (χ3n) is 2.27. The number of nitrogens with two attached hydrogens (primary N) is 1. The molecule has 1 rings (SSSR count). The van der Waals surface area contributed by atoms with Crippen LogP contribution in [-0.4, -0.2) is 41.9 Å². The molecule has 0 bridgehead atoms. The van der Waals surface area contributed by atoms with Crippen molar-refractivity contribution in [3.05, 3.63) is 0 Å². The molecule has 1 aliphatic heterocycles. The fourth-order valence-corrected chi connectivity index (χ4v) is 2.45. The maximum Gasteiger partial charge on any atom is 0.0905 e. The van der Waals surface area contributed by atoms with Gasteiger partial charge in [0.2, 0.25) is 0 Å². The molecule has 3 N–H and O–H groups in total. The summed E-state index contributed by atoms with van der Waals surface area (Å²) in [7, 11) is 0. The van der Waals surface area contributed by atoms with Crippen molar-refractivity contribution in [1.82, 2.24) is 4.90 Å². The summed E-state index contributed by atoms with van der Waals surface area (Å²) in [4.78, 5) is 2.51. The van der Waals surface area contributed by atoms with E-state index in [0.717, 1.165) is 12.8 Å². The van der Waals surface area contributed by atoms with Crippen LogP contribution in [0.25, 0.3) is 0 Å². The van der Waals surface area contributed by atoms with Gasteiger partial charge >= 0.3 is 0 Å². The number of rotatable bonds is 5. The van der Waals surface area contributed by atoms with Gasteiger partial charge in [-0.05, 0) is 19.4 Å². The third-order valence-corrected chi connectivity index (χ3v) is 3.22. The first-order valence-electron chi connectivity index (χ1n) is 4.92. The molecule has 0 spiro atoms. The molecular weight excluding hydrogens is 182 g/mol. The first-order chi connectivity index (χ1) is 6.29. The normalized spacial score (nSPS) is 18.8. The summed E-state index contributed by atoms with van der Waals surface area (Å²) >= 11 is 2.05. The lowest BCUT2D eigenvalue weighted by molar-refractivity contribution is 0.296. The van der Waals surface area contributed by atoms with Gasteiger partial charge in [-0.2, -0.15) is 11.8 Å². The zero-order valence-electron chi connectivity index (χ0n) is 8.09. The van der Waals surface area contributed by atoms with E-state index < -0.39 is 0 Å². The summed E-state index contributed by atoms with van der Waals surface area (Å²) in [6.45, 7) is 3.67. The summed E-state index contributed by atoms with van der Waals surface area (Å²) in [5.41, 5.74) is 5.28. The van der Waals surface area contributed by atoms with Gasteiger partial charge in [-0.3, -0.25) is 5.41 Å². The summed E-state index contributed by atoms with van der Waals surface area (Å²) in [6.07, 6.45) is 3.02. The van der Waals surface area contributed by atoms with E-state index in [4.69, 9.17) is 11.1 Å². The van der Waals surface area contributed by atoms with Crippen molar-refractivity contribution in [2.24, 2.45) is 5.73 Å². The first-order valence-corrected chi connectivity index (χ1v) is 6.07. The van der Waals surface area contributed by atoms with E-state index in [0.29, 0.717) is 5.84 Å². The first kappa shape index (κ1) is 10.9. The van der Waals surface area contributed by atoms with Crippen LogP contribution in [0.5, 0.6) is 0 Å². The standard InChI is InChI=1S/C9H19N3S/c10-9(11)3-1-2-4-12-5-7-13-8-6-12/h1-8H2,(H3,10,11). The van der Waals surface area contributed by atoms with Crippen LogP contribution in [0.15, 0.2) is 0 Å². The quantitative estimate of drug-likeness (QED) is 0.398. The minimum atomic E-state index is 0.328. The summed E-state index contributed by atoms with van der Waals surface area (Å²) in [6, 6.07) is 0. The highest BCUT2D eigenvalue weighted by Crippen LogP contribution is 2.09. The molecule has 3 nitrogen and oxygen atoms in total. The van der Waals surface area contributed by atoms with Gasteiger partial charge in [-0.1, -0.05) is 0 Å². The molecule has 13 heavy (non-hydrogen) atoms. The Morgan fingerprint density at radius 1 is 1.31 bits per heavy atom. The highest BCUT2D eigenvalue weighted by molar-refractivity contribution is 7.99. The molecule has 0 aliphatic carbocycles. The molecule has 0 saturated carbocycles. The van der Waals surface area contributed by atoms with Gasteiger partial charge < -0.3 is 10.6 Å². The molecule has 4 heteroatoms. The van der Waals surface area contributed by atoms with Crippen molar-refractivity contribution in [3.63, 3.8) is 0 Å². The lowest BCUT2D eigenvalue weighted by atomic mass is 10.2. The van der Waals surface area contributed by atoms with Crippen molar-refractivity contribution in [3.8, 4) is 0 Å². The highest BCUT2D eigenvalue weighted by Gasteiger charge is 2.08. The molecule has 0 atom stereocenters. The van der Waals surface area contributed by atoms with Gasteiger partial charge in [-0.25, -0.2) is 0 Å². The smallest absolute Gasteiger partial charge is 0.0905 e. The zero-order valence-corrected chi connectivity index (χ0v) is 8.91. The molecule has 0 aromatic carbocycles. The van der Waals surface area contributed by atoms with Crippen molar-refractivity contribution in [2.75, 3.05) is 31.1 Å². The molecule has 0 aromatic rings. The number of unbranched alkanes of at least 4 members (excludes halogenated alkanes) is 1. The van der Waals surface area contributed by atoms with Crippen LogP contribution in [0, 0.1) is 5.41 Å². The second-order valence-corrected chi connectivity index (χ2v) is 4.66. The average molecular weight is 201 g/mol. The lowest BCUT2D eigenvalue weighted by Gasteiger charge is -2.25. The minimum absolute atomic E-state index is 0.328. The van der Waals surface area contributed by atoms with Crippen LogP contribution in [0.4, 0.5) is 0 Å². The molecule has 76 valence electrons. The Bertz CT molecular complexity index is 155. The average Bonchev–Trinajstić information content (AvgIpc) is 2.14. The molecule has 1 aliphatic rings. The summed E-state index contributed by atoms with van der Waals surface area (Å²) < 4.78 is 0. The van der Waals surface area contributed by atoms with Gasteiger partial charge in [0.25, 0.3) is 0 Å². The molecule has 0 radical (unpaired) electrons. The largest absolute Gasteiger partial charge is 0.388 e. The predicted molar refractivity (Wildman–Crippen MR) is 59.5 cm³/mol. The fraction of sp³-hybridized carbons (Fsp3) is 0.889. The Kier molecular flexibility index (Phi) is 5.23. The van der Waals surface area contributed by atoms with E-state index >= 15 is 0 Å². The van der Waals surface area contributed by atoms with E-state index in [1.54, 1.807) is 0 Å². The molecular formula is C9H19N3S. The minimum Gasteiger partial charge on any atom is -0.388 e. The molecule has 1 saturated heterocycles. The SMILES string of the molecule is N=C(N)CCCCN1CCSCC1. The Hall–Kier alpha value is -0.220. The van der Waals surface area contributed by atoms with E-state index in [2.05, 4.69) is 4.90 Å². The van der Waals surface area contributed by atoms with Crippen molar-refractivity contribution in [1.29, 1.82) is 5.41 Å². The monoisotopic (exact) mass is 201 g/mol. The van der Waals surface area contributed by atoms with Gasteiger partial charge in [0.15, 0.2) is 0 Å². The molecule has 0 unspecified atom stereocenters. The van der Waals surface area contributed by atoms with E-state index in [1.807, 2.05) is 11.8 Å². The molecule has 1 heterocycles. The zero-order chi connectivity index (χ0) is 9.52. The predicted octanol–water partition coefficient (Wildman–Crippen LogP) is 1.14. The maximum atomic E-state index is 7.08. The van der Waals surface area contributed by atoms with Crippen molar-refractivity contribution >= 4 is 17.6 Å². The van der Waals surface area contributed by atoms with Gasteiger partial charge in [0.05, 0.1) is 5.84 Å². The fourth-order valence-electron chi connectivity index (χ4n) is 1.48. The van der Waals surface area contributed by atoms with Gasteiger partial charge in [0, 0.05) is 31.0 Å². The highest BCUT2D eigenvalue weighted by atomic mass is 32.2. The number of hydrogen-bond acceptors (Lipinski definition) is 3. The second-order valence-electron chi connectivity index (χ2n) is 3.44. The van der Waals surface area contributed by atoms with Gasteiger partial charge in [-0.15, -0.1) is 0 Å². The third kappa shape index (κ3) is 5.16. The Labute approximate surface area is 84.6 Å². The Balaban J connectivity index is 1.95. The summed E-state index contributed by atoms with van der Waals surface area (Å²) in [5.74, 6) is 2.90. The Morgan fingerprint density at radius 3 is 2.62 bits per heavy atom. The van der Waals surface area contributed by atoms with Crippen molar-refractivity contribution in [2.45, 2.75) is 19.3 Å². The second kappa shape index (κ2) is 6.27. The number of nitrogens with one attached hydrogen (secondary N) is 1. The van der Waals surface area contributed by atoms with Gasteiger partial charge in [0.1, 0.15) is 0 Å². The molecule has 1 fully saturated rings. The Morgan fingerprint density at radius 2 is 2.00 bits per heavy atom. The van der Waals surface area contributed by atoms with E-state index in [9.17, 15) is 0 Å². The number of hydrogen-bond donors (Lipinski definition) is 2. The van der Waals surface area contributed by atoms with Crippen LogP contribution < -0.4 is 5.73 Å². The van der Waals surface area contributed by atoms with Crippen LogP contribution in [0.3, 0.4) is 0 Å². The van der Waals surface area contributed by atoms with E-state index in [-0.39, 0.29) is 0 Å². The van der Waals surface area contributed by atoms with Crippen LogP contribution in [0.1, 0.15) is 19.3 Å².